The van der Waals surface area contributed by atoms with Gasteiger partial charge in [-0.1, -0.05) is 5.08 Å². The fourth-order valence-corrected chi connectivity index (χ4v) is 0.494. The van der Waals surface area contributed by atoms with E-state index in [0.29, 0.717) is 5.88 Å². The van der Waals surface area contributed by atoms with E-state index in [9.17, 15) is 0 Å². The van der Waals surface area contributed by atoms with E-state index < -0.39 is 0 Å². The zero-order valence-corrected chi connectivity index (χ0v) is 6.01. The molecule has 3 heteroatoms. The molecule has 7 heavy (non-hydrogen) atoms. The third-order valence-electron chi connectivity index (χ3n) is 0.526. The maximum absolute atomic E-state index is 5.36. The highest BCUT2D eigenvalue weighted by Gasteiger charge is 1.74. The zero-order valence-electron chi connectivity index (χ0n) is 4.10. The summed E-state index contributed by atoms with van der Waals surface area (Å²) in [5.41, 5.74) is 0. The molecule has 0 bridgehead atoms. The van der Waals surface area contributed by atoms with Gasteiger partial charge in [0.1, 0.15) is 0 Å². The van der Waals surface area contributed by atoms with Crippen LogP contribution in [0.1, 0.15) is 6.42 Å². The lowest BCUT2D eigenvalue weighted by Crippen LogP contribution is -1.81. The van der Waals surface area contributed by atoms with Crippen molar-refractivity contribution in [2.45, 2.75) is 6.42 Å². The third kappa shape index (κ3) is 6.49. The summed E-state index contributed by atoms with van der Waals surface area (Å²) in [4.78, 5) is 3.92. The molecule has 0 aromatic rings. The van der Waals surface area contributed by atoms with Gasteiger partial charge < -0.3 is 4.99 Å². The Morgan fingerprint density at radius 3 is 2.86 bits per heavy atom. The van der Waals surface area contributed by atoms with Crippen LogP contribution in [0.5, 0.6) is 0 Å². The van der Waals surface area contributed by atoms with Crippen LogP contribution < -0.4 is 0 Å². The molecular weight excluding hydrogens is 124 g/mol. The predicted octanol–water partition coefficient (Wildman–Crippen LogP) is 0.812. The van der Waals surface area contributed by atoms with Gasteiger partial charge in [0, 0.05) is 12.4 Å². The monoisotopic (exact) mass is 131 g/mol. The third-order valence-corrected chi connectivity index (χ3v) is 1.00. The van der Waals surface area contributed by atoms with E-state index in [-0.39, 0.29) is 0 Å². The van der Waals surface area contributed by atoms with Crippen LogP contribution in [0.4, 0.5) is 0 Å². The fraction of sp³-hybridized carbons (Fsp3) is 0.750. The van der Waals surface area contributed by atoms with Crippen LogP contribution in [-0.2, 0) is 0 Å². The SMILES string of the molecule is [Al][CH]=NCCCCl. The normalized spacial score (nSPS) is 10.4. The van der Waals surface area contributed by atoms with Crippen LogP contribution in [0.25, 0.3) is 0 Å². The maximum Gasteiger partial charge on any atom is 0.195 e. The lowest BCUT2D eigenvalue weighted by Gasteiger charge is -1.83. The Morgan fingerprint density at radius 2 is 2.43 bits per heavy atom. The minimum absolute atomic E-state index is 0.710. The average molecular weight is 132 g/mol. The Labute approximate surface area is 57.2 Å². The molecule has 0 spiro atoms. The van der Waals surface area contributed by atoms with Gasteiger partial charge in [-0.2, -0.15) is 0 Å². The maximum atomic E-state index is 5.36. The van der Waals surface area contributed by atoms with Crippen LogP contribution >= 0.6 is 11.6 Å². The predicted molar refractivity (Wildman–Crippen MR) is 34.5 cm³/mol. The Morgan fingerprint density at radius 1 is 1.71 bits per heavy atom. The summed E-state index contributed by atoms with van der Waals surface area (Å²) in [7, 11) is 0. The molecule has 0 atom stereocenters. The number of halogens is 1. The highest BCUT2D eigenvalue weighted by molar-refractivity contribution is 6.49. The smallest absolute Gasteiger partial charge is 0.195 e. The highest BCUT2D eigenvalue weighted by atomic mass is 35.5. The minimum Gasteiger partial charge on any atom is -0.318 e. The molecular formula is C4H7AlClN. The number of alkyl halides is 1. The molecule has 1 nitrogen and oxygen atoms in total. The largest absolute Gasteiger partial charge is 0.318 e. The molecule has 0 fully saturated rings. The number of hydrogen-bond acceptors (Lipinski definition) is 1. The molecule has 0 aliphatic carbocycles. The van der Waals surface area contributed by atoms with Crippen molar-refractivity contribution in [2.24, 2.45) is 4.99 Å². The van der Waals surface area contributed by atoms with Gasteiger partial charge in [-0.15, -0.1) is 11.6 Å². The van der Waals surface area contributed by atoms with E-state index in [2.05, 4.69) is 21.3 Å². The molecule has 0 saturated carbocycles. The summed E-state index contributed by atoms with van der Waals surface area (Å²) in [6, 6.07) is 0. The van der Waals surface area contributed by atoms with Gasteiger partial charge in [0.2, 0.25) is 0 Å². The summed E-state index contributed by atoms with van der Waals surface area (Å²) in [6.07, 6.45) is 0.979. The van der Waals surface area contributed by atoms with Gasteiger partial charge in [-0.25, -0.2) is 0 Å². The van der Waals surface area contributed by atoms with Crippen molar-refractivity contribution in [1.82, 2.24) is 0 Å². The fourth-order valence-electron chi connectivity index (χ4n) is 0.226. The molecule has 0 amide bonds. The Kier molecular flexibility index (Phi) is 6.95. The van der Waals surface area contributed by atoms with Gasteiger partial charge in [-0.05, 0) is 6.42 Å². The topological polar surface area (TPSA) is 12.4 Å². The molecule has 2 radical (unpaired) electrons. The van der Waals surface area contributed by atoms with Crippen molar-refractivity contribution in [3.63, 3.8) is 0 Å². The quantitative estimate of drug-likeness (QED) is 0.233. The van der Waals surface area contributed by atoms with E-state index in [0.717, 1.165) is 13.0 Å². The molecule has 0 aliphatic rings. The molecule has 0 aromatic carbocycles. The number of nitrogens with zero attached hydrogens (tertiary/aromatic N) is 1. The average Bonchev–Trinajstić information content (AvgIpc) is 1.69. The van der Waals surface area contributed by atoms with Crippen LogP contribution in [0, 0.1) is 0 Å². The van der Waals surface area contributed by atoms with Crippen LogP contribution in [0.3, 0.4) is 0 Å². The first-order valence-electron chi connectivity index (χ1n) is 2.18. The van der Waals surface area contributed by atoms with Crippen molar-refractivity contribution >= 4 is 33.0 Å². The summed E-state index contributed by atoms with van der Waals surface area (Å²) < 4.78 is 0. The molecule has 0 aromatic heterocycles. The Bertz CT molecular complexity index is 55.7. The summed E-state index contributed by atoms with van der Waals surface area (Å²) in [5, 5.41) is 1.71. The first-order chi connectivity index (χ1) is 3.41. The Hall–Kier alpha value is 0.492. The first kappa shape index (κ1) is 7.49. The highest BCUT2D eigenvalue weighted by Crippen LogP contribution is 1.82. The van der Waals surface area contributed by atoms with Gasteiger partial charge in [0.05, 0.1) is 0 Å². The minimum atomic E-state index is 0.710. The van der Waals surface area contributed by atoms with Gasteiger partial charge in [0.25, 0.3) is 0 Å². The molecule has 0 aliphatic heterocycles. The van der Waals surface area contributed by atoms with Crippen LogP contribution in [-0.4, -0.2) is 33.8 Å². The van der Waals surface area contributed by atoms with Crippen molar-refractivity contribution in [2.75, 3.05) is 12.4 Å². The lowest BCUT2D eigenvalue weighted by atomic mass is 10.5. The molecule has 0 rings (SSSR count). The van der Waals surface area contributed by atoms with Gasteiger partial charge in [0.15, 0.2) is 16.3 Å². The summed E-state index contributed by atoms with van der Waals surface area (Å²) in [5.74, 6) is 0.710. The standard InChI is InChI=1S/C4H7ClN.Al/c1-6-4-2-3-5;/h1H,2-4H2;. The molecule has 0 N–H and O–H groups in total. The van der Waals surface area contributed by atoms with E-state index in [1.54, 1.807) is 5.08 Å². The summed E-state index contributed by atoms with van der Waals surface area (Å²) >= 11 is 7.77. The lowest BCUT2D eigenvalue weighted by molar-refractivity contribution is 0.945. The van der Waals surface area contributed by atoms with Crippen molar-refractivity contribution in [3.8, 4) is 0 Å². The molecule has 0 heterocycles. The molecule has 0 saturated heterocycles. The first-order valence-corrected chi connectivity index (χ1v) is 3.38. The molecule has 0 unspecified atom stereocenters. The van der Waals surface area contributed by atoms with Crippen molar-refractivity contribution in [3.05, 3.63) is 0 Å². The number of aliphatic imine (C=N–C) groups is 1. The van der Waals surface area contributed by atoms with E-state index >= 15 is 0 Å². The second kappa shape index (κ2) is 6.49. The number of rotatable bonds is 3. The zero-order chi connectivity index (χ0) is 5.54. The molecule has 38 valence electrons. The van der Waals surface area contributed by atoms with E-state index in [1.807, 2.05) is 0 Å². The number of hydrogen-bond donors (Lipinski definition) is 0. The van der Waals surface area contributed by atoms with Crippen LogP contribution in [0.15, 0.2) is 4.99 Å². The van der Waals surface area contributed by atoms with Crippen molar-refractivity contribution < 1.29 is 0 Å². The van der Waals surface area contributed by atoms with Gasteiger partial charge >= 0.3 is 0 Å². The summed E-state index contributed by atoms with van der Waals surface area (Å²) in [6.45, 7) is 0.854. The van der Waals surface area contributed by atoms with E-state index in [1.165, 1.54) is 0 Å². The second-order valence-corrected chi connectivity index (χ2v) is 1.77. The van der Waals surface area contributed by atoms with E-state index in [4.69, 9.17) is 11.6 Å². The second-order valence-electron chi connectivity index (χ2n) is 1.10. The van der Waals surface area contributed by atoms with Crippen molar-refractivity contribution in [1.29, 1.82) is 0 Å². The van der Waals surface area contributed by atoms with Crippen LogP contribution in [0.2, 0.25) is 0 Å². The van der Waals surface area contributed by atoms with Gasteiger partial charge in [-0.3, -0.25) is 0 Å². The Balaban J connectivity index is 2.69.